The van der Waals surface area contributed by atoms with Crippen LogP contribution in [0.2, 0.25) is 10.2 Å². The van der Waals surface area contributed by atoms with Crippen LogP contribution in [0.15, 0.2) is 11.4 Å². The Bertz CT molecular complexity index is 609. The van der Waals surface area contributed by atoms with Crippen molar-refractivity contribution in [3.05, 3.63) is 30.9 Å². The molecule has 1 fully saturated rings. The zero-order valence-electron chi connectivity index (χ0n) is 10.00. The van der Waals surface area contributed by atoms with E-state index in [0.29, 0.717) is 16.9 Å². The molecule has 19 heavy (non-hydrogen) atoms. The Morgan fingerprint density at radius 2 is 1.95 bits per heavy atom. The fraction of sp³-hybridized carbons (Fsp3) is 0.385. The molecule has 1 saturated carbocycles. The summed E-state index contributed by atoms with van der Waals surface area (Å²) < 4.78 is 0.998. The summed E-state index contributed by atoms with van der Waals surface area (Å²) in [7, 11) is 0. The van der Waals surface area contributed by atoms with E-state index in [1.165, 1.54) is 25.7 Å². The van der Waals surface area contributed by atoms with Gasteiger partial charge in [0.2, 0.25) is 0 Å². The Morgan fingerprint density at radius 3 is 2.58 bits per heavy atom. The third-order valence-electron chi connectivity index (χ3n) is 3.37. The van der Waals surface area contributed by atoms with E-state index < -0.39 is 0 Å². The normalized spacial score (nSPS) is 16.2. The molecule has 1 aliphatic carbocycles. The largest absolute Gasteiger partial charge is 0.231 e. The van der Waals surface area contributed by atoms with Crippen molar-refractivity contribution < 1.29 is 0 Å². The summed E-state index contributed by atoms with van der Waals surface area (Å²) in [6.07, 6.45) is 4.97. The molecular weight excluding hydrogens is 414 g/mol. The first kappa shape index (κ1) is 14.0. The SMILES string of the molecule is Clc1csc(-c2nc(Cl)c(I)c(C3CCCC3)n2)c1. The molecule has 3 rings (SSSR count). The summed E-state index contributed by atoms with van der Waals surface area (Å²) >= 11 is 16.0. The lowest BCUT2D eigenvalue weighted by Gasteiger charge is -2.12. The Labute approximate surface area is 139 Å². The molecule has 0 amide bonds. The van der Waals surface area contributed by atoms with Crippen LogP contribution in [0, 0.1) is 3.57 Å². The van der Waals surface area contributed by atoms with E-state index in [4.69, 9.17) is 28.2 Å². The van der Waals surface area contributed by atoms with Crippen molar-refractivity contribution in [2.24, 2.45) is 0 Å². The van der Waals surface area contributed by atoms with E-state index in [1.54, 1.807) is 11.3 Å². The van der Waals surface area contributed by atoms with E-state index in [2.05, 4.69) is 27.6 Å². The molecule has 0 spiro atoms. The molecule has 0 aliphatic heterocycles. The van der Waals surface area contributed by atoms with Crippen LogP contribution in [0.3, 0.4) is 0 Å². The topological polar surface area (TPSA) is 25.8 Å². The van der Waals surface area contributed by atoms with Crippen molar-refractivity contribution in [3.63, 3.8) is 0 Å². The maximum Gasteiger partial charge on any atom is 0.171 e. The van der Waals surface area contributed by atoms with Crippen molar-refractivity contribution in [1.29, 1.82) is 0 Å². The first-order chi connectivity index (χ1) is 9.15. The van der Waals surface area contributed by atoms with Gasteiger partial charge in [0.25, 0.3) is 0 Å². The molecule has 100 valence electrons. The zero-order valence-corrected chi connectivity index (χ0v) is 14.5. The zero-order chi connectivity index (χ0) is 13.4. The molecule has 0 aromatic carbocycles. The molecule has 0 saturated heterocycles. The molecule has 0 atom stereocenters. The fourth-order valence-electron chi connectivity index (χ4n) is 2.45. The maximum atomic E-state index is 6.27. The molecule has 2 nitrogen and oxygen atoms in total. The first-order valence-corrected chi connectivity index (χ1v) is 8.84. The number of nitrogens with zero attached hydrogens (tertiary/aromatic N) is 2. The monoisotopic (exact) mass is 424 g/mol. The van der Waals surface area contributed by atoms with Gasteiger partial charge in [-0.1, -0.05) is 36.0 Å². The van der Waals surface area contributed by atoms with Crippen LogP contribution >= 0.6 is 57.1 Å². The summed E-state index contributed by atoms with van der Waals surface area (Å²) in [6, 6.07) is 1.89. The Hall–Kier alpha value is 0.0900. The maximum absolute atomic E-state index is 6.27. The summed E-state index contributed by atoms with van der Waals surface area (Å²) in [4.78, 5) is 10.1. The minimum atomic E-state index is 0.529. The lowest BCUT2D eigenvalue weighted by molar-refractivity contribution is 0.690. The minimum Gasteiger partial charge on any atom is -0.231 e. The highest BCUT2D eigenvalue weighted by atomic mass is 127. The number of aromatic nitrogens is 2. The van der Waals surface area contributed by atoms with Crippen LogP contribution in [-0.2, 0) is 0 Å². The highest BCUT2D eigenvalue weighted by Gasteiger charge is 2.24. The molecule has 1 aliphatic rings. The number of thiophene rings is 1. The average Bonchev–Trinajstić information content (AvgIpc) is 3.03. The lowest BCUT2D eigenvalue weighted by atomic mass is 10.0. The van der Waals surface area contributed by atoms with Crippen molar-refractivity contribution >= 4 is 57.1 Å². The average molecular weight is 425 g/mol. The minimum absolute atomic E-state index is 0.529. The Morgan fingerprint density at radius 1 is 1.21 bits per heavy atom. The lowest BCUT2D eigenvalue weighted by Crippen LogP contribution is -2.04. The van der Waals surface area contributed by atoms with Gasteiger partial charge in [0, 0.05) is 11.3 Å². The van der Waals surface area contributed by atoms with Gasteiger partial charge in [0.1, 0.15) is 5.15 Å². The molecule has 2 heterocycles. The summed E-state index contributed by atoms with van der Waals surface area (Å²) in [5, 5.41) is 3.17. The van der Waals surface area contributed by atoms with Crippen molar-refractivity contribution in [2.75, 3.05) is 0 Å². The predicted octanol–water partition coefficient (Wildman–Crippen LogP) is 5.77. The molecular formula is C13H11Cl2IN2S. The van der Waals surface area contributed by atoms with Crippen LogP contribution < -0.4 is 0 Å². The van der Waals surface area contributed by atoms with Gasteiger partial charge >= 0.3 is 0 Å². The Kier molecular flexibility index (Phi) is 4.31. The van der Waals surface area contributed by atoms with Crippen LogP contribution in [0.25, 0.3) is 10.7 Å². The van der Waals surface area contributed by atoms with E-state index in [-0.39, 0.29) is 0 Å². The van der Waals surface area contributed by atoms with E-state index in [0.717, 1.165) is 19.2 Å². The fourth-order valence-corrected chi connectivity index (χ4v) is 4.31. The van der Waals surface area contributed by atoms with Crippen LogP contribution in [-0.4, -0.2) is 9.97 Å². The first-order valence-electron chi connectivity index (χ1n) is 6.12. The van der Waals surface area contributed by atoms with Gasteiger partial charge < -0.3 is 0 Å². The van der Waals surface area contributed by atoms with E-state index in [9.17, 15) is 0 Å². The van der Waals surface area contributed by atoms with Crippen LogP contribution in [0.1, 0.15) is 37.3 Å². The number of hydrogen-bond donors (Lipinski definition) is 0. The second kappa shape index (κ2) is 5.84. The van der Waals surface area contributed by atoms with Gasteiger partial charge in [0.05, 0.1) is 19.2 Å². The third-order valence-corrected chi connectivity index (χ3v) is 6.30. The quantitative estimate of drug-likeness (QED) is 0.451. The smallest absolute Gasteiger partial charge is 0.171 e. The van der Waals surface area contributed by atoms with Crippen molar-refractivity contribution in [3.8, 4) is 10.7 Å². The molecule has 0 N–H and O–H groups in total. The number of hydrogen-bond acceptors (Lipinski definition) is 3. The van der Waals surface area contributed by atoms with Crippen molar-refractivity contribution in [2.45, 2.75) is 31.6 Å². The number of rotatable bonds is 2. The molecule has 0 radical (unpaired) electrons. The van der Waals surface area contributed by atoms with Gasteiger partial charge in [-0.25, -0.2) is 9.97 Å². The molecule has 2 aromatic heterocycles. The highest BCUT2D eigenvalue weighted by Crippen LogP contribution is 2.38. The van der Waals surface area contributed by atoms with Gasteiger partial charge in [-0.05, 0) is 41.5 Å². The predicted molar refractivity (Wildman–Crippen MR) is 89.3 cm³/mol. The van der Waals surface area contributed by atoms with E-state index in [1.807, 2.05) is 11.4 Å². The Balaban J connectivity index is 2.06. The highest BCUT2D eigenvalue weighted by molar-refractivity contribution is 14.1. The van der Waals surface area contributed by atoms with E-state index >= 15 is 0 Å². The van der Waals surface area contributed by atoms with Crippen LogP contribution in [0.4, 0.5) is 0 Å². The summed E-state index contributed by atoms with van der Waals surface area (Å²) in [5.41, 5.74) is 1.11. The van der Waals surface area contributed by atoms with Gasteiger partial charge in [0.15, 0.2) is 5.82 Å². The second-order valence-electron chi connectivity index (χ2n) is 4.65. The van der Waals surface area contributed by atoms with Gasteiger partial charge in [-0.3, -0.25) is 0 Å². The number of halogens is 3. The third kappa shape index (κ3) is 2.91. The van der Waals surface area contributed by atoms with Gasteiger partial charge in [-0.2, -0.15) is 0 Å². The van der Waals surface area contributed by atoms with Gasteiger partial charge in [-0.15, -0.1) is 11.3 Å². The molecule has 0 unspecified atom stereocenters. The summed E-state index contributed by atoms with van der Waals surface area (Å²) in [6.45, 7) is 0. The molecule has 0 bridgehead atoms. The molecule has 6 heteroatoms. The second-order valence-corrected chi connectivity index (χ2v) is 7.43. The summed E-state index contributed by atoms with van der Waals surface area (Å²) in [5.74, 6) is 1.23. The molecule has 2 aromatic rings. The van der Waals surface area contributed by atoms with Crippen molar-refractivity contribution in [1.82, 2.24) is 9.97 Å². The standard InChI is InChI=1S/C13H11Cl2IN2S/c14-8-5-9(19-6-8)13-17-11(7-3-1-2-4-7)10(16)12(15)18-13/h5-7H,1-4H2. The van der Waals surface area contributed by atoms with Crippen LogP contribution in [0.5, 0.6) is 0 Å².